The first-order chi connectivity index (χ1) is 8.55. The van der Waals surface area contributed by atoms with Gasteiger partial charge >= 0.3 is 6.18 Å². The second-order valence-electron chi connectivity index (χ2n) is 4.81. The van der Waals surface area contributed by atoms with Crippen LogP contribution < -0.4 is 0 Å². The number of hydrogen-bond donors (Lipinski definition) is 3. The van der Waals surface area contributed by atoms with Crippen LogP contribution in [-0.4, -0.2) is 61.9 Å². The predicted molar refractivity (Wildman–Crippen MR) is 61.8 cm³/mol. The summed E-state index contributed by atoms with van der Waals surface area (Å²) in [6, 6.07) is -0.819. The zero-order valence-electron chi connectivity index (χ0n) is 10.1. The van der Waals surface area contributed by atoms with Crippen molar-refractivity contribution in [2.75, 3.05) is 0 Å². The summed E-state index contributed by atoms with van der Waals surface area (Å²) in [5, 5.41) is 29.7. The summed E-state index contributed by atoms with van der Waals surface area (Å²) in [6.45, 7) is 2.14. The van der Waals surface area contributed by atoms with Crippen molar-refractivity contribution in [3.05, 3.63) is 0 Å². The summed E-state index contributed by atoms with van der Waals surface area (Å²) >= 11 is 1.06. The normalized spacial score (nSPS) is 42.5. The van der Waals surface area contributed by atoms with Crippen molar-refractivity contribution in [3.63, 3.8) is 0 Å². The Hall–Kier alpha value is -0.350. The van der Waals surface area contributed by atoms with E-state index in [1.54, 1.807) is 6.92 Å². The van der Waals surface area contributed by atoms with Crippen LogP contribution >= 0.6 is 11.8 Å². The molecule has 2 aliphatic heterocycles. The van der Waals surface area contributed by atoms with Gasteiger partial charge in [-0.15, -0.1) is 0 Å². The quantitative estimate of drug-likeness (QED) is 0.648. The third-order valence-corrected chi connectivity index (χ3v) is 4.38. The van der Waals surface area contributed by atoms with E-state index in [0.29, 0.717) is 12.0 Å². The van der Waals surface area contributed by atoms with Crippen LogP contribution in [0.25, 0.3) is 0 Å². The molecule has 2 heterocycles. The monoisotopic (exact) mass is 301 g/mol. The molecular weight excluding hydrogens is 287 g/mol. The van der Waals surface area contributed by atoms with Crippen LogP contribution in [0, 0.1) is 0 Å². The number of alkyl halides is 3. The van der Waals surface area contributed by atoms with Crippen molar-refractivity contribution in [1.82, 2.24) is 0 Å². The minimum atomic E-state index is -4.98. The fraction of sp³-hybridized carbons (Fsp3) is 0.900. The zero-order chi connectivity index (χ0) is 14.6. The lowest BCUT2D eigenvalue weighted by Crippen LogP contribution is -2.66. The van der Waals surface area contributed by atoms with Gasteiger partial charge in [0.2, 0.25) is 0 Å². The first-order valence-corrected chi connectivity index (χ1v) is 6.45. The largest absolute Gasteiger partial charge is 0.419 e. The number of hydrogen-bond acceptors (Lipinski definition) is 6. The Kier molecular flexibility index (Phi) is 3.63. The zero-order valence-corrected chi connectivity index (χ0v) is 10.9. The van der Waals surface area contributed by atoms with Gasteiger partial charge in [0.25, 0.3) is 0 Å². The third kappa shape index (κ3) is 2.38. The molecule has 0 bridgehead atoms. The summed E-state index contributed by atoms with van der Waals surface area (Å²) in [7, 11) is 0. The van der Waals surface area contributed by atoms with E-state index in [-0.39, 0.29) is 0 Å². The Morgan fingerprint density at radius 3 is 2.37 bits per heavy atom. The molecule has 2 aliphatic rings. The standard InChI is InChI=1S/C10H14F3NO4S/c1-3-14-4-5(15)6(16)7(18-8(4)19-3)9(2,17)10(11,12)13/h4-8,15-17H,1-2H3/t4-,5-,6+,7+,8-,9+/m1/s1. The second-order valence-corrected chi connectivity index (χ2v) is 6.10. The Bertz CT molecular complexity index is 401. The lowest BCUT2D eigenvalue weighted by molar-refractivity contribution is -0.317. The van der Waals surface area contributed by atoms with E-state index in [9.17, 15) is 28.5 Å². The molecule has 1 saturated heterocycles. The fourth-order valence-corrected chi connectivity index (χ4v) is 3.17. The van der Waals surface area contributed by atoms with Gasteiger partial charge < -0.3 is 20.1 Å². The Morgan fingerprint density at radius 2 is 1.84 bits per heavy atom. The molecule has 0 radical (unpaired) electrons. The molecule has 0 aromatic carbocycles. The smallest absolute Gasteiger partial charge is 0.388 e. The van der Waals surface area contributed by atoms with Crippen LogP contribution in [0.2, 0.25) is 0 Å². The highest BCUT2D eigenvalue weighted by Gasteiger charge is 2.62. The van der Waals surface area contributed by atoms with E-state index in [4.69, 9.17) is 4.74 Å². The van der Waals surface area contributed by atoms with Crippen LogP contribution in [0.15, 0.2) is 4.99 Å². The van der Waals surface area contributed by atoms with Gasteiger partial charge in [0.15, 0.2) is 5.60 Å². The maximum absolute atomic E-state index is 12.8. The molecule has 1 fully saturated rings. The van der Waals surface area contributed by atoms with Gasteiger partial charge in [0.1, 0.15) is 29.8 Å². The molecule has 6 atom stereocenters. The summed E-state index contributed by atoms with van der Waals surface area (Å²) in [6.07, 6.45) is -10.3. The summed E-state index contributed by atoms with van der Waals surface area (Å²) in [5.41, 5.74) is -4.09. The molecule has 0 aromatic rings. The van der Waals surface area contributed by atoms with Gasteiger partial charge in [-0.05, 0) is 13.8 Å². The molecule has 0 spiro atoms. The minimum Gasteiger partial charge on any atom is -0.388 e. The van der Waals surface area contributed by atoms with E-state index in [2.05, 4.69) is 4.99 Å². The van der Waals surface area contributed by atoms with E-state index in [1.807, 2.05) is 0 Å². The number of ether oxygens (including phenoxy) is 1. The van der Waals surface area contributed by atoms with Gasteiger partial charge in [0.05, 0.1) is 5.04 Å². The third-order valence-electron chi connectivity index (χ3n) is 3.32. The number of aliphatic hydroxyl groups excluding tert-OH is 2. The molecular formula is C10H14F3NO4S. The Labute approximate surface area is 111 Å². The Morgan fingerprint density at radius 1 is 1.26 bits per heavy atom. The highest BCUT2D eigenvalue weighted by Crippen LogP contribution is 2.43. The number of aliphatic imine (C=N–C) groups is 1. The summed E-state index contributed by atoms with van der Waals surface area (Å²) in [5.74, 6) is 0. The van der Waals surface area contributed by atoms with Crippen LogP contribution in [0.5, 0.6) is 0 Å². The summed E-state index contributed by atoms with van der Waals surface area (Å²) < 4.78 is 43.5. The average molecular weight is 301 g/mol. The molecule has 110 valence electrons. The number of fused-ring (bicyclic) bond motifs is 1. The molecule has 0 saturated carbocycles. The van der Waals surface area contributed by atoms with Gasteiger partial charge in [-0.3, -0.25) is 4.99 Å². The number of thioether (sulfide) groups is 1. The Balaban J connectivity index is 2.26. The van der Waals surface area contributed by atoms with Gasteiger partial charge in [-0.25, -0.2) is 0 Å². The number of halogens is 3. The van der Waals surface area contributed by atoms with Crippen LogP contribution in [0.3, 0.4) is 0 Å². The SMILES string of the molecule is CC1=N[C@@H]2[C@@H](O)[C@H](O)[C@@H]([C@](C)(O)C(F)(F)F)O[C@@H]2S1. The molecule has 0 amide bonds. The van der Waals surface area contributed by atoms with Gasteiger partial charge in [-0.2, -0.15) is 13.2 Å². The van der Waals surface area contributed by atoms with Gasteiger partial charge in [-0.1, -0.05) is 11.8 Å². The van der Waals surface area contributed by atoms with Crippen molar-refractivity contribution < 1.29 is 33.2 Å². The van der Waals surface area contributed by atoms with Crippen LogP contribution in [0.4, 0.5) is 13.2 Å². The molecule has 5 nitrogen and oxygen atoms in total. The molecule has 9 heteroatoms. The predicted octanol–water partition coefficient (Wildman–Crippen LogP) is 0.280. The average Bonchev–Trinajstić information content (AvgIpc) is 2.63. The first-order valence-electron chi connectivity index (χ1n) is 5.57. The summed E-state index contributed by atoms with van der Waals surface area (Å²) in [4.78, 5) is 4.00. The van der Waals surface area contributed by atoms with Crippen LogP contribution in [0.1, 0.15) is 13.8 Å². The minimum absolute atomic E-state index is 0.515. The van der Waals surface area contributed by atoms with E-state index >= 15 is 0 Å². The molecule has 0 aliphatic carbocycles. The highest BCUT2D eigenvalue weighted by molar-refractivity contribution is 8.14. The molecule has 19 heavy (non-hydrogen) atoms. The fourth-order valence-electron chi connectivity index (χ4n) is 2.12. The maximum atomic E-state index is 12.8. The molecule has 2 rings (SSSR count). The second kappa shape index (κ2) is 4.59. The lowest BCUT2D eigenvalue weighted by Gasteiger charge is -2.44. The number of nitrogens with zero attached hydrogens (tertiary/aromatic N) is 1. The first kappa shape index (κ1) is 15.0. The van der Waals surface area contributed by atoms with Crippen molar-refractivity contribution >= 4 is 16.8 Å². The number of rotatable bonds is 1. The lowest BCUT2D eigenvalue weighted by atomic mass is 9.87. The topological polar surface area (TPSA) is 82.3 Å². The van der Waals surface area contributed by atoms with Crippen molar-refractivity contribution in [1.29, 1.82) is 0 Å². The van der Waals surface area contributed by atoms with Gasteiger partial charge in [0, 0.05) is 0 Å². The highest BCUT2D eigenvalue weighted by atomic mass is 32.2. The maximum Gasteiger partial charge on any atom is 0.419 e. The molecule has 0 aromatic heterocycles. The molecule has 0 unspecified atom stereocenters. The van der Waals surface area contributed by atoms with Crippen molar-refractivity contribution in [2.45, 2.75) is 55.4 Å². The van der Waals surface area contributed by atoms with Crippen molar-refractivity contribution in [2.24, 2.45) is 4.99 Å². The van der Waals surface area contributed by atoms with E-state index in [0.717, 1.165) is 11.8 Å². The van der Waals surface area contributed by atoms with E-state index in [1.165, 1.54) is 0 Å². The molecule has 3 N–H and O–H groups in total. The van der Waals surface area contributed by atoms with E-state index < -0.39 is 41.6 Å². The number of aliphatic hydroxyl groups is 3. The van der Waals surface area contributed by atoms with Crippen molar-refractivity contribution in [3.8, 4) is 0 Å². The van der Waals surface area contributed by atoms with Crippen LogP contribution in [-0.2, 0) is 4.74 Å².